The highest BCUT2D eigenvalue weighted by atomic mass is 32.1. The van der Waals surface area contributed by atoms with Crippen LogP contribution in [0.3, 0.4) is 0 Å². The number of likely N-dealkylation sites (tertiary alicyclic amines) is 1. The molecule has 1 atom stereocenters. The van der Waals surface area contributed by atoms with Crippen LogP contribution < -0.4 is 5.73 Å². The van der Waals surface area contributed by atoms with Crippen LogP contribution in [0.15, 0.2) is 24.3 Å². The number of aromatic nitrogens is 1. The van der Waals surface area contributed by atoms with Crippen molar-refractivity contribution in [3.63, 3.8) is 0 Å². The summed E-state index contributed by atoms with van der Waals surface area (Å²) in [6.45, 7) is 5.01. The minimum absolute atomic E-state index is 0.0583. The van der Waals surface area contributed by atoms with Crippen LogP contribution in [0.25, 0.3) is 21.1 Å². The van der Waals surface area contributed by atoms with Gasteiger partial charge in [0, 0.05) is 23.4 Å². The topological polar surface area (TPSA) is 59.2 Å². The van der Waals surface area contributed by atoms with Gasteiger partial charge in [0.15, 0.2) is 0 Å². The number of hydrogen-bond acceptors (Lipinski definition) is 4. The summed E-state index contributed by atoms with van der Waals surface area (Å²) < 4.78 is 0. The van der Waals surface area contributed by atoms with Gasteiger partial charge in [0.25, 0.3) is 5.91 Å². The normalized spacial score (nSPS) is 18.4. The molecule has 5 heteroatoms. The Labute approximate surface area is 145 Å². The van der Waals surface area contributed by atoms with Crippen molar-refractivity contribution in [2.45, 2.75) is 39.2 Å². The van der Waals surface area contributed by atoms with Gasteiger partial charge in [-0.15, -0.1) is 11.3 Å². The van der Waals surface area contributed by atoms with Gasteiger partial charge in [-0.25, -0.2) is 4.98 Å². The van der Waals surface area contributed by atoms with Crippen molar-refractivity contribution >= 4 is 44.1 Å². The van der Waals surface area contributed by atoms with Crippen LogP contribution >= 0.6 is 11.3 Å². The highest BCUT2D eigenvalue weighted by molar-refractivity contribution is 7.21. The molecule has 3 aromatic rings. The number of anilines is 1. The van der Waals surface area contributed by atoms with Crippen LogP contribution in [0.1, 0.15) is 41.4 Å². The van der Waals surface area contributed by atoms with Crippen LogP contribution in [-0.2, 0) is 0 Å². The van der Waals surface area contributed by atoms with Crippen LogP contribution in [0.4, 0.5) is 5.69 Å². The Morgan fingerprint density at radius 2 is 2.17 bits per heavy atom. The maximum atomic E-state index is 13.0. The lowest BCUT2D eigenvalue weighted by Crippen LogP contribution is -2.41. The van der Waals surface area contributed by atoms with E-state index in [1.165, 1.54) is 23.3 Å². The quantitative estimate of drug-likeness (QED) is 0.717. The Morgan fingerprint density at radius 3 is 2.96 bits per heavy atom. The Hall–Kier alpha value is -2.14. The number of fused-ring (bicyclic) bond motifs is 2. The summed E-state index contributed by atoms with van der Waals surface area (Å²) in [5.41, 5.74) is 9.06. The van der Waals surface area contributed by atoms with Gasteiger partial charge in [-0.3, -0.25) is 4.79 Å². The van der Waals surface area contributed by atoms with Gasteiger partial charge in [0.05, 0.1) is 11.2 Å². The standard InChI is InChI=1S/C19H21N3OS/c1-11-6-7-15-13(9-11)10-14-16(20)17(24-18(14)21-15)19(23)22-8-4-3-5-12(22)2/h6-7,9-10,12H,3-5,8,20H2,1-2H3/t12-/m1/s1. The number of nitrogens with zero attached hydrogens (tertiary/aromatic N) is 2. The van der Waals surface area contributed by atoms with E-state index in [0.717, 1.165) is 40.5 Å². The smallest absolute Gasteiger partial charge is 0.266 e. The first-order valence-corrected chi connectivity index (χ1v) is 9.26. The number of rotatable bonds is 1. The summed E-state index contributed by atoms with van der Waals surface area (Å²) >= 11 is 1.42. The first kappa shape index (κ1) is 15.4. The van der Waals surface area contributed by atoms with Gasteiger partial charge in [-0.2, -0.15) is 0 Å². The predicted molar refractivity (Wildman–Crippen MR) is 101 cm³/mol. The molecule has 0 radical (unpaired) electrons. The summed E-state index contributed by atoms with van der Waals surface area (Å²) in [5, 5.41) is 1.96. The number of benzene rings is 1. The number of nitrogen functional groups attached to an aromatic ring is 1. The molecule has 4 nitrogen and oxygen atoms in total. The van der Waals surface area contributed by atoms with Crippen molar-refractivity contribution in [2.75, 3.05) is 12.3 Å². The molecule has 4 rings (SSSR count). The molecule has 3 heterocycles. The van der Waals surface area contributed by atoms with Crippen molar-refractivity contribution in [1.29, 1.82) is 0 Å². The molecule has 124 valence electrons. The fourth-order valence-corrected chi connectivity index (χ4v) is 4.55. The van der Waals surface area contributed by atoms with E-state index >= 15 is 0 Å². The number of piperidine rings is 1. The number of hydrogen-bond donors (Lipinski definition) is 1. The SMILES string of the molecule is Cc1ccc2nc3sc(C(=O)N4CCCC[C@H]4C)c(N)c3cc2c1. The zero-order chi connectivity index (χ0) is 16.8. The lowest BCUT2D eigenvalue weighted by Gasteiger charge is -2.33. The van der Waals surface area contributed by atoms with Crippen LogP contribution in [0.5, 0.6) is 0 Å². The molecule has 1 amide bonds. The molecule has 0 spiro atoms. The van der Waals surface area contributed by atoms with Gasteiger partial charge in [0.1, 0.15) is 9.71 Å². The maximum Gasteiger partial charge on any atom is 0.266 e. The lowest BCUT2D eigenvalue weighted by molar-refractivity contribution is 0.0642. The van der Waals surface area contributed by atoms with Crippen LogP contribution in [0, 0.1) is 6.92 Å². The number of amides is 1. The Morgan fingerprint density at radius 1 is 1.33 bits per heavy atom. The number of carbonyl (C=O) groups excluding carboxylic acids is 1. The molecule has 24 heavy (non-hydrogen) atoms. The van der Waals surface area contributed by atoms with Gasteiger partial charge >= 0.3 is 0 Å². The van der Waals surface area contributed by atoms with Gasteiger partial charge < -0.3 is 10.6 Å². The van der Waals surface area contributed by atoms with E-state index in [2.05, 4.69) is 32.0 Å². The number of thiophene rings is 1. The zero-order valence-corrected chi connectivity index (χ0v) is 14.8. The van der Waals surface area contributed by atoms with E-state index < -0.39 is 0 Å². The minimum atomic E-state index is 0.0583. The first-order chi connectivity index (χ1) is 11.5. The second kappa shape index (κ2) is 5.74. The Balaban J connectivity index is 1.82. The molecule has 1 aliphatic rings. The average Bonchev–Trinajstić information content (AvgIpc) is 2.89. The predicted octanol–water partition coefficient (Wildman–Crippen LogP) is 4.35. The van der Waals surface area contributed by atoms with Crippen molar-refractivity contribution in [3.8, 4) is 0 Å². The molecule has 2 N–H and O–H groups in total. The van der Waals surface area contributed by atoms with E-state index in [-0.39, 0.29) is 11.9 Å². The highest BCUT2D eigenvalue weighted by Gasteiger charge is 2.28. The third kappa shape index (κ3) is 2.44. The van der Waals surface area contributed by atoms with Gasteiger partial charge in [0.2, 0.25) is 0 Å². The van der Waals surface area contributed by atoms with Crippen molar-refractivity contribution in [3.05, 3.63) is 34.7 Å². The molecule has 0 aliphatic carbocycles. The fourth-order valence-electron chi connectivity index (χ4n) is 3.51. The second-order valence-corrected chi connectivity index (χ2v) is 7.72. The second-order valence-electron chi connectivity index (χ2n) is 6.73. The summed E-state index contributed by atoms with van der Waals surface area (Å²) in [6.07, 6.45) is 3.33. The molecule has 0 saturated carbocycles. The summed E-state index contributed by atoms with van der Waals surface area (Å²) in [6, 6.07) is 8.53. The molecule has 2 aromatic heterocycles. The largest absolute Gasteiger partial charge is 0.397 e. The van der Waals surface area contributed by atoms with E-state index in [4.69, 9.17) is 10.7 Å². The number of carbonyl (C=O) groups is 1. The van der Waals surface area contributed by atoms with Crippen LogP contribution in [-0.4, -0.2) is 28.4 Å². The first-order valence-electron chi connectivity index (χ1n) is 8.45. The molecule has 0 bridgehead atoms. The van der Waals surface area contributed by atoms with Crippen molar-refractivity contribution in [1.82, 2.24) is 9.88 Å². The Kier molecular flexibility index (Phi) is 3.68. The van der Waals surface area contributed by atoms with Crippen molar-refractivity contribution in [2.24, 2.45) is 0 Å². The van der Waals surface area contributed by atoms with Crippen LogP contribution in [0.2, 0.25) is 0 Å². The molecule has 1 fully saturated rings. The molecular formula is C19H21N3OS. The minimum Gasteiger partial charge on any atom is -0.397 e. The summed E-state index contributed by atoms with van der Waals surface area (Å²) in [4.78, 5) is 21.1. The third-order valence-electron chi connectivity index (χ3n) is 4.93. The maximum absolute atomic E-state index is 13.0. The van der Waals surface area contributed by atoms with E-state index in [1.807, 2.05) is 11.0 Å². The molecule has 0 unspecified atom stereocenters. The van der Waals surface area contributed by atoms with E-state index in [1.54, 1.807) is 0 Å². The van der Waals surface area contributed by atoms with Gasteiger partial charge in [-0.1, -0.05) is 11.6 Å². The summed E-state index contributed by atoms with van der Waals surface area (Å²) in [7, 11) is 0. The molecule has 1 saturated heterocycles. The molecule has 1 aromatic carbocycles. The van der Waals surface area contributed by atoms with E-state index in [9.17, 15) is 4.79 Å². The average molecular weight is 339 g/mol. The molecular weight excluding hydrogens is 318 g/mol. The van der Waals surface area contributed by atoms with Gasteiger partial charge in [-0.05, 0) is 51.3 Å². The molecule has 1 aliphatic heterocycles. The monoisotopic (exact) mass is 339 g/mol. The number of nitrogens with two attached hydrogens (primary N) is 1. The number of aryl methyl sites for hydroxylation is 1. The lowest BCUT2D eigenvalue weighted by atomic mass is 10.0. The zero-order valence-electron chi connectivity index (χ0n) is 14.0. The van der Waals surface area contributed by atoms with Crippen molar-refractivity contribution < 1.29 is 4.79 Å². The third-order valence-corrected chi connectivity index (χ3v) is 6.03. The highest BCUT2D eigenvalue weighted by Crippen LogP contribution is 2.36. The fraction of sp³-hybridized carbons (Fsp3) is 0.368. The number of pyridine rings is 1. The summed E-state index contributed by atoms with van der Waals surface area (Å²) in [5.74, 6) is 0.0583. The van der Waals surface area contributed by atoms with E-state index in [0.29, 0.717) is 10.6 Å². The Bertz CT molecular complexity index is 947.